The van der Waals surface area contributed by atoms with Crippen molar-refractivity contribution in [2.75, 3.05) is 26.2 Å². The molecule has 5 nitrogen and oxygen atoms in total. The van der Waals surface area contributed by atoms with E-state index < -0.39 is 11.8 Å². The summed E-state index contributed by atoms with van der Waals surface area (Å²) in [6, 6.07) is 7.48. The lowest BCUT2D eigenvalue weighted by Gasteiger charge is -2.27. The summed E-state index contributed by atoms with van der Waals surface area (Å²) in [7, 11) is 0. The average molecular weight is 340 g/mol. The molecule has 1 fully saturated rings. The van der Waals surface area contributed by atoms with Crippen molar-refractivity contribution in [3.63, 3.8) is 0 Å². The van der Waals surface area contributed by atoms with E-state index in [1.807, 2.05) is 31.2 Å². The molecular formula is C14H18BrN3O2. The Morgan fingerprint density at radius 1 is 1.25 bits per heavy atom. The van der Waals surface area contributed by atoms with Crippen LogP contribution < -0.4 is 10.6 Å². The molecule has 0 aliphatic carbocycles. The molecule has 1 aliphatic rings. The lowest BCUT2D eigenvalue weighted by molar-refractivity contribution is -0.146. The minimum atomic E-state index is -0.540. The minimum absolute atomic E-state index is 0.192. The molecule has 1 saturated heterocycles. The second kappa shape index (κ2) is 6.85. The van der Waals surface area contributed by atoms with E-state index in [0.29, 0.717) is 13.1 Å². The number of carbonyl (C=O) groups excluding carboxylic acids is 2. The highest BCUT2D eigenvalue weighted by atomic mass is 79.9. The van der Waals surface area contributed by atoms with Gasteiger partial charge in [0.1, 0.15) is 0 Å². The third-order valence-electron chi connectivity index (χ3n) is 3.32. The molecule has 1 unspecified atom stereocenters. The maximum Gasteiger partial charge on any atom is 0.311 e. The van der Waals surface area contributed by atoms with Crippen molar-refractivity contribution in [1.82, 2.24) is 15.5 Å². The van der Waals surface area contributed by atoms with Gasteiger partial charge >= 0.3 is 11.8 Å². The number of carbonyl (C=O) groups is 2. The summed E-state index contributed by atoms with van der Waals surface area (Å²) in [5.41, 5.74) is 0.967. The van der Waals surface area contributed by atoms with Gasteiger partial charge in [-0.1, -0.05) is 28.1 Å². The van der Waals surface area contributed by atoms with Crippen molar-refractivity contribution in [3.05, 3.63) is 34.3 Å². The summed E-state index contributed by atoms with van der Waals surface area (Å²) in [4.78, 5) is 25.5. The molecular weight excluding hydrogens is 322 g/mol. The summed E-state index contributed by atoms with van der Waals surface area (Å²) < 4.78 is 0.983. The van der Waals surface area contributed by atoms with E-state index in [1.165, 1.54) is 0 Å². The van der Waals surface area contributed by atoms with Gasteiger partial charge in [-0.3, -0.25) is 9.59 Å². The van der Waals surface area contributed by atoms with Crippen molar-refractivity contribution in [1.29, 1.82) is 0 Å². The van der Waals surface area contributed by atoms with Gasteiger partial charge in [-0.25, -0.2) is 0 Å². The van der Waals surface area contributed by atoms with Crippen LogP contribution in [0.2, 0.25) is 0 Å². The first-order chi connectivity index (χ1) is 9.58. The maximum atomic E-state index is 12.0. The summed E-state index contributed by atoms with van der Waals surface area (Å²) >= 11 is 3.37. The van der Waals surface area contributed by atoms with Crippen LogP contribution in [-0.4, -0.2) is 42.9 Å². The highest BCUT2D eigenvalue weighted by Crippen LogP contribution is 2.16. The second-order valence-electron chi connectivity index (χ2n) is 4.79. The number of amides is 2. The summed E-state index contributed by atoms with van der Waals surface area (Å²) in [6.45, 7) is 4.51. The molecule has 6 heteroatoms. The van der Waals surface area contributed by atoms with Crippen molar-refractivity contribution in [2.45, 2.75) is 13.0 Å². The standard InChI is InChI=1S/C14H18BrN3O2/c1-10(11-2-4-12(15)5-3-11)17-13(19)14(20)18-8-6-16-7-9-18/h2-5,10,16H,6-9H2,1H3,(H,17,19). The van der Waals surface area contributed by atoms with Crippen LogP contribution >= 0.6 is 15.9 Å². The van der Waals surface area contributed by atoms with Gasteiger partial charge in [-0.2, -0.15) is 0 Å². The molecule has 2 rings (SSSR count). The van der Waals surface area contributed by atoms with Gasteiger partial charge in [0.05, 0.1) is 6.04 Å². The Labute approximate surface area is 126 Å². The van der Waals surface area contributed by atoms with Crippen molar-refractivity contribution >= 4 is 27.7 Å². The molecule has 1 aromatic carbocycles. The molecule has 2 N–H and O–H groups in total. The van der Waals surface area contributed by atoms with Crippen LogP contribution in [0.15, 0.2) is 28.7 Å². The van der Waals surface area contributed by atoms with E-state index in [9.17, 15) is 9.59 Å². The first-order valence-corrected chi connectivity index (χ1v) is 7.43. The minimum Gasteiger partial charge on any atom is -0.341 e. The molecule has 0 bridgehead atoms. The van der Waals surface area contributed by atoms with Gasteiger partial charge in [0.2, 0.25) is 0 Å². The first-order valence-electron chi connectivity index (χ1n) is 6.64. The number of hydrogen-bond donors (Lipinski definition) is 2. The average Bonchev–Trinajstić information content (AvgIpc) is 2.48. The molecule has 0 radical (unpaired) electrons. The fraction of sp³-hybridized carbons (Fsp3) is 0.429. The molecule has 1 heterocycles. The Morgan fingerprint density at radius 3 is 2.45 bits per heavy atom. The number of piperazine rings is 1. The van der Waals surface area contributed by atoms with Gasteiger partial charge in [0.25, 0.3) is 0 Å². The third kappa shape index (κ3) is 3.80. The molecule has 0 spiro atoms. The quantitative estimate of drug-likeness (QED) is 0.792. The van der Waals surface area contributed by atoms with Crippen LogP contribution in [0, 0.1) is 0 Å². The molecule has 0 aromatic heterocycles. The third-order valence-corrected chi connectivity index (χ3v) is 3.84. The van der Waals surface area contributed by atoms with Gasteiger partial charge < -0.3 is 15.5 Å². The number of hydrogen-bond acceptors (Lipinski definition) is 3. The predicted octanol–water partition coefficient (Wildman–Crippen LogP) is 1.06. The highest BCUT2D eigenvalue weighted by Gasteiger charge is 2.24. The number of benzene rings is 1. The monoisotopic (exact) mass is 339 g/mol. The first kappa shape index (κ1) is 15.0. The van der Waals surface area contributed by atoms with Crippen LogP contribution in [-0.2, 0) is 9.59 Å². The van der Waals surface area contributed by atoms with E-state index in [0.717, 1.165) is 23.1 Å². The number of nitrogens with one attached hydrogen (secondary N) is 2. The van der Waals surface area contributed by atoms with E-state index >= 15 is 0 Å². The van der Waals surface area contributed by atoms with Crippen molar-refractivity contribution < 1.29 is 9.59 Å². The van der Waals surface area contributed by atoms with E-state index in [2.05, 4.69) is 26.6 Å². The fourth-order valence-corrected chi connectivity index (χ4v) is 2.37. The van der Waals surface area contributed by atoms with Crippen LogP contribution in [0.4, 0.5) is 0 Å². The van der Waals surface area contributed by atoms with E-state index in [1.54, 1.807) is 4.90 Å². The normalized spacial score (nSPS) is 16.6. The fourth-order valence-electron chi connectivity index (χ4n) is 2.10. The zero-order chi connectivity index (χ0) is 14.5. The molecule has 1 atom stereocenters. The maximum absolute atomic E-state index is 12.0. The molecule has 1 aliphatic heterocycles. The summed E-state index contributed by atoms with van der Waals surface area (Å²) in [6.07, 6.45) is 0. The smallest absolute Gasteiger partial charge is 0.311 e. The zero-order valence-electron chi connectivity index (χ0n) is 11.4. The van der Waals surface area contributed by atoms with Crippen LogP contribution in [0.3, 0.4) is 0 Å². The van der Waals surface area contributed by atoms with Gasteiger partial charge in [-0.05, 0) is 24.6 Å². The number of nitrogens with zero attached hydrogens (tertiary/aromatic N) is 1. The van der Waals surface area contributed by atoms with Crippen molar-refractivity contribution in [3.8, 4) is 0 Å². The van der Waals surface area contributed by atoms with Crippen LogP contribution in [0.25, 0.3) is 0 Å². The Bertz CT molecular complexity index is 484. The Hall–Kier alpha value is -1.40. The van der Waals surface area contributed by atoms with Gasteiger partial charge in [-0.15, -0.1) is 0 Å². The largest absolute Gasteiger partial charge is 0.341 e. The van der Waals surface area contributed by atoms with Gasteiger partial charge in [0, 0.05) is 30.7 Å². The Kier molecular flexibility index (Phi) is 5.14. The Morgan fingerprint density at radius 2 is 1.85 bits per heavy atom. The Balaban J connectivity index is 1.92. The number of rotatable bonds is 2. The van der Waals surface area contributed by atoms with E-state index in [4.69, 9.17) is 0 Å². The summed E-state index contributed by atoms with van der Waals surface area (Å²) in [5, 5.41) is 5.90. The molecule has 20 heavy (non-hydrogen) atoms. The van der Waals surface area contributed by atoms with Crippen LogP contribution in [0.1, 0.15) is 18.5 Å². The summed E-state index contributed by atoms with van der Waals surface area (Å²) in [5.74, 6) is -0.988. The van der Waals surface area contributed by atoms with E-state index in [-0.39, 0.29) is 6.04 Å². The zero-order valence-corrected chi connectivity index (χ0v) is 12.9. The lowest BCUT2D eigenvalue weighted by Crippen LogP contribution is -2.51. The molecule has 2 amide bonds. The molecule has 1 aromatic rings. The molecule has 0 saturated carbocycles. The van der Waals surface area contributed by atoms with Crippen LogP contribution in [0.5, 0.6) is 0 Å². The topological polar surface area (TPSA) is 61.4 Å². The number of halogens is 1. The lowest BCUT2D eigenvalue weighted by atomic mass is 10.1. The SMILES string of the molecule is CC(NC(=O)C(=O)N1CCNCC1)c1ccc(Br)cc1. The highest BCUT2D eigenvalue weighted by molar-refractivity contribution is 9.10. The molecule has 108 valence electrons. The predicted molar refractivity (Wildman–Crippen MR) is 80.1 cm³/mol. The van der Waals surface area contributed by atoms with Gasteiger partial charge in [0.15, 0.2) is 0 Å². The van der Waals surface area contributed by atoms with Crippen molar-refractivity contribution in [2.24, 2.45) is 0 Å². The second-order valence-corrected chi connectivity index (χ2v) is 5.70.